The van der Waals surface area contributed by atoms with Crippen LogP contribution in [0.1, 0.15) is 0 Å². The summed E-state index contributed by atoms with van der Waals surface area (Å²) in [6, 6.07) is 11.4. The Kier molecular flexibility index (Phi) is 2.78. The van der Waals surface area contributed by atoms with Crippen LogP contribution in [0.5, 0.6) is 5.88 Å². The highest BCUT2D eigenvalue weighted by Gasteiger charge is 1.98. The largest absolute Gasteiger partial charge is 0.481 e. The Bertz CT molecular complexity index is 431. The van der Waals surface area contributed by atoms with E-state index in [4.69, 9.17) is 4.74 Å². The zero-order valence-corrected chi connectivity index (χ0v) is 8.34. The molecule has 0 aliphatic carbocycles. The number of aromatic nitrogens is 2. The van der Waals surface area contributed by atoms with Gasteiger partial charge in [-0.2, -0.15) is 4.98 Å². The third kappa shape index (κ3) is 2.43. The third-order valence-corrected chi connectivity index (χ3v) is 1.87. The van der Waals surface area contributed by atoms with E-state index in [-0.39, 0.29) is 0 Å². The van der Waals surface area contributed by atoms with E-state index in [0.29, 0.717) is 11.8 Å². The molecule has 15 heavy (non-hydrogen) atoms. The second-order valence-electron chi connectivity index (χ2n) is 2.91. The maximum Gasteiger partial charge on any atom is 0.230 e. The number of rotatable bonds is 3. The van der Waals surface area contributed by atoms with Crippen LogP contribution in [0.3, 0.4) is 0 Å². The molecule has 2 rings (SSSR count). The quantitative estimate of drug-likeness (QED) is 0.827. The topological polar surface area (TPSA) is 47.0 Å². The fraction of sp³-hybridized carbons (Fsp3) is 0.0909. The number of nitrogens with zero attached hydrogens (tertiary/aromatic N) is 2. The summed E-state index contributed by atoms with van der Waals surface area (Å²) in [5.41, 5.74) is 0.950. The Morgan fingerprint density at radius 3 is 2.67 bits per heavy atom. The second-order valence-corrected chi connectivity index (χ2v) is 2.91. The molecule has 0 aliphatic heterocycles. The lowest BCUT2D eigenvalue weighted by molar-refractivity contribution is 0.397. The second kappa shape index (κ2) is 4.41. The lowest BCUT2D eigenvalue weighted by Gasteiger charge is -2.04. The summed E-state index contributed by atoms with van der Waals surface area (Å²) in [6.07, 6.45) is 1.65. The van der Waals surface area contributed by atoms with Crippen molar-refractivity contribution in [1.82, 2.24) is 9.97 Å². The first-order chi connectivity index (χ1) is 7.38. The molecule has 0 spiro atoms. The van der Waals surface area contributed by atoms with Crippen LogP contribution in [-0.2, 0) is 0 Å². The van der Waals surface area contributed by atoms with Gasteiger partial charge in [-0.15, -0.1) is 0 Å². The molecule has 0 bridgehead atoms. The lowest BCUT2D eigenvalue weighted by atomic mass is 10.3. The summed E-state index contributed by atoms with van der Waals surface area (Å²) in [5, 5.41) is 3.08. The Balaban J connectivity index is 2.17. The predicted octanol–water partition coefficient (Wildman–Crippen LogP) is 2.23. The smallest absolute Gasteiger partial charge is 0.230 e. The van der Waals surface area contributed by atoms with Crippen LogP contribution < -0.4 is 10.1 Å². The van der Waals surface area contributed by atoms with Gasteiger partial charge in [0.05, 0.1) is 7.11 Å². The van der Waals surface area contributed by atoms with Crippen LogP contribution in [0.25, 0.3) is 0 Å². The maximum absolute atomic E-state index is 5.00. The van der Waals surface area contributed by atoms with Gasteiger partial charge in [0, 0.05) is 18.0 Å². The fourth-order valence-corrected chi connectivity index (χ4v) is 1.17. The van der Waals surface area contributed by atoms with Crippen molar-refractivity contribution in [2.24, 2.45) is 0 Å². The molecule has 1 heterocycles. The van der Waals surface area contributed by atoms with E-state index in [1.807, 2.05) is 30.3 Å². The minimum atomic E-state index is 0.528. The molecule has 0 aliphatic rings. The molecule has 4 heteroatoms. The molecule has 0 radical (unpaired) electrons. The van der Waals surface area contributed by atoms with Crippen LogP contribution in [0.15, 0.2) is 42.6 Å². The van der Waals surface area contributed by atoms with Crippen molar-refractivity contribution in [2.75, 3.05) is 12.4 Å². The molecule has 0 atom stereocenters. The van der Waals surface area contributed by atoms with Gasteiger partial charge >= 0.3 is 0 Å². The molecule has 4 nitrogen and oxygen atoms in total. The Labute approximate surface area is 88.0 Å². The molecular weight excluding hydrogens is 190 g/mol. The Morgan fingerprint density at radius 2 is 1.93 bits per heavy atom. The average Bonchev–Trinajstić information content (AvgIpc) is 2.31. The van der Waals surface area contributed by atoms with Crippen molar-refractivity contribution >= 4 is 11.6 Å². The van der Waals surface area contributed by atoms with E-state index in [0.717, 1.165) is 5.69 Å². The number of ether oxygens (including phenoxy) is 1. The normalized spacial score (nSPS) is 9.67. The van der Waals surface area contributed by atoms with Crippen molar-refractivity contribution in [2.45, 2.75) is 0 Å². The first kappa shape index (κ1) is 9.45. The van der Waals surface area contributed by atoms with Gasteiger partial charge in [-0.05, 0) is 12.1 Å². The summed E-state index contributed by atoms with van der Waals surface area (Å²) < 4.78 is 5.00. The van der Waals surface area contributed by atoms with Gasteiger partial charge < -0.3 is 10.1 Å². The minimum Gasteiger partial charge on any atom is -0.481 e. The number of hydrogen-bond donors (Lipinski definition) is 1. The predicted molar refractivity (Wildman–Crippen MR) is 58.3 cm³/mol. The van der Waals surface area contributed by atoms with Crippen molar-refractivity contribution in [3.05, 3.63) is 42.6 Å². The molecule has 0 saturated carbocycles. The third-order valence-electron chi connectivity index (χ3n) is 1.87. The summed E-state index contributed by atoms with van der Waals surface area (Å²) >= 11 is 0. The standard InChI is InChI=1S/C11H11N3O/c1-15-10-7-8-12-11(14-10)13-9-5-3-2-4-6-9/h2-8H,1H3,(H,12,13,14). The number of hydrogen-bond acceptors (Lipinski definition) is 4. The summed E-state index contributed by atoms with van der Waals surface area (Å²) in [7, 11) is 1.58. The van der Waals surface area contributed by atoms with Gasteiger partial charge in [-0.1, -0.05) is 18.2 Å². The van der Waals surface area contributed by atoms with Gasteiger partial charge in [0.2, 0.25) is 11.8 Å². The van der Waals surface area contributed by atoms with Gasteiger partial charge in [-0.25, -0.2) is 4.98 Å². The highest BCUT2D eigenvalue weighted by atomic mass is 16.5. The fourth-order valence-electron chi connectivity index (χ4n) is 1.17. The van der Waals surface area contributed by atoms with Crippen LogP contribution >= 0.6 is 0 Å². The van der Waals surface area contributed by atoms with Gasteiger partial charge in [0.15, 0.2) is 0 Å². The molecule has 1 aromatic carbocycles. The van der Waals surface area contributed by atoms with E-state index >= 15 is 0 Å². The zero-order valence-electron chi connectivity index (χ0n) is 8.34. The number of methoxy groups -OCH3 is 1. The van der Waals surface area contributed by atoms with Gasteiger partial charge in [-0.3, -0.25) is 0 Å². The Hall–Kier alpha value is -2.10. The van der Waals surface area contributed by atoms with Crippen LogP contribution in [0, 0.1) is 0 Å². The number of benzene rings is 1. The van der Waals surface area contributed by atoms with Gasteiger partial charge in [0.1, 0.15) is 0 Å². The lowest BCUT2D eigenvalue weighted by Crippen LogP contribution is -1.97. The van der Waals surface area contributed by atoms with E-state index in [2.05, 4.69) is 15.3 Å². The van der Waals surface area contributed by atoms with Crippen LogP contribution in [-0.4, -0.2) is 17.1 Å². The van der Waals surface area contributed by atoms with Crippen molar-refractivity contribution in [1.29, 1.82) is 0 Å². The first-order valence-electron chi connectivity index (χ1n) is 4.57. The van der Waals surface area contributed by atoms with Crippen molar-refractivity contribution in [3.8, 4) is 5.88 Å². The SMILES string of the molecule is COc1ccnc(Nc2ccccc2)n1. The zero-order chi connectivity index (χ0) is 10.5. The highest BCUT2D eigenvalue weighted by Crippen LogP contribution is 2.13. The number of para-hydroxylation sites is 1. The van der Waals surface area contributed by atoms with E-state index in [9.17, 15) is 0 Å². The molecular formula is C11H11N3O. The number of anilines is 2. The first-order valence-corrected chi connectivity index (χ1v) is 4.57. The van der Waals surface area contributed by atoms with Crippen molar-refractivity contribution in [3.63, 3.8) is 0 Å². The molecule has 76 valence electrons. The molecule has 0 saturated heterocycles. The molecule has 0 amide bonds. The molecule has 1 aromatic heterocycles. The van der Waals surface area contributed by atoms with Crippen LogP contribution in [0.2, 0.25) is 0 Å². The minimum absolute atomic E-state index is 0.528. The monoisotopic (exact) mass is 201 g/mol. The molecule has 0 unspecified atom stereocenters. The molecule has 1 N–H and O–H groups in total. The maximum atomic E-state index is 5.00. The highest BCUT2D eigenvalue weighted by molar-refractivity contribution is 5.52. The van der Waals surface area contributed by atoms with E-state index < -0.39 is 0 Å². The van der Waals surface area contributed by atoms with E-state index in [1.54, 1.807) is 19.4 Å². The van der Waals surface area contributed by atoms with Gasteiger partial charge in [0.25, 0.3) is 0 Å². The number of nitrogens with one attached hydrogen (secondary N) is 1. The summed E-state index contributed by atoms with van der Waals surface area (Å²) in [4.78, 5) is 8.22. The van der Waals surface area contributed by atoms with Crippen molar-refractivity contribution < 1.29 is 4.74 Å². The molecule has 2 aromatic rings. The van der Waals surface area contributed by atoms with Crippen LogP contribution in [0.4, 0.5) is 11.6 Å². The molecule has 0 fully saturated rings. The summed E-state index contributed by atoms with van der Waals surface area (Å²) in [5.74, 6) is 1.07. The Morgan fingerprint density at radius 1 is 1.13 bits per heavy atom. The van der Waals surface area contributed by atoms with E-state index in [1.165, 1.54) is 0 Å². The average molecular weight is 201 g/mol. The summed E-state index contributed by atoms with van der Waals surface area (Å²) in [6.45, 7) is 0.